The molecule has 0 saturated carbocycles. The van der Waals surface area contributed by atoms with E-state index >= 15 is 0 Å². The highest BCUT2D eigenvalue weighted by molar-refractivity contribution is 5.95. The number of carbonyl (C=O) groups excluding carboxylic acids is 2. The summed E-state index contributed by atoms with van der Waals surface area (Å²) < 4.78 is 68.3. The molecule has 4 rings (SSSR count). The number of ether oxygens (including phenoxy) is 3. The molecule has 0 N–H and O–H groups in total. The number of carbonyl (C=O) groups is 2. The van der Waals surface area contributed by atoms with Gasteiger partial charge in [0.25, 0.3) is 5.91 Å². The van der Waals surface area contributed by atoms with E-state index in [1.807, 2.05) is 6.92 Å². The minimum absolute atomic E-state index is 0.106. The molecule has 1 aromatic heterocycles. The second-order valence-corrected chi connectivity index (χ2v) is 8.80. The van der Waals surface area contributed by atoms with Gasteiger partial charge in [0.15, 0.2) is 0 Å². The van der Waals surface area contributed by atoms with Gasteiger partial charge in [-0.15, -0.1) is 0 Å². The zero-order valence-electron chi connectivity index (χ0n) is 20.8. The Kier molecular flexibility index (Phi) is 7.61. The van der Waals surface area contributed by atoms with Crippen LogP contribution in [0.5, 0.6) is 17.5 Å². The molecule has 0 aliphatic carbocycles. The lowest BCUT2D eigenvalue weighted by atomic mass is 9.99. The van der Waals surface area contributed by atoms with E-state index in [-0.39, 0.29) is 29.1 Å². The predicted octanol–water partition coefficient (Wildman–Crippen LogP) is 4.51. The van der Waals surface area contributed by atoms with E-state index in [1.54, 1.807) is 11.0 Å². The SMILES string of the molecule is CCc1cc(F)ccc1OCC1CN(C(=O)c2ccc(-n3cc(C)nc3OC(=O)C(F)(F)F)c(OC)c2)C1. The molecule has 1 saturated heterocycles. The van der Waals surface area contributed by atoms with E-state index in [0.29, 0.717) is 43.1 Å². The Morgan fingerprint density at radius 2 is 1.84 bits per heavy atom. The molecule has 0 bridgehead atoms. The molecule has 202 valence electrons. The molecular weight excluding hydrogens is 510 g/mol. The van der Waals surface area contributed by atoms with Crippen LogP contribution in [0.2, 0.25) is 0 Å². The summed E-state index contributed by atoms with van der Waals surface area (Å²) in [5.74, 6) is -2.09. The fourth-order valence-corrected chi connectivity index (χ4v) is 4.07. The maximum atomic E-state index is 13.4. The van der Waals surface area contributed by atoms with Gasteiger partial charge >= 0.3 is 18.2 Å². The van der Waals surface area contributed by atoms with Crippen LogP contribution in [-0.4, -0.2) is 59.3 Å². The molecule has 38 heavy (non-hydrogen) atoms. The molecule has 3 aromatic rings. The molecule has 8 nitrogen and oxygen atoms in total. The normalized spacial score (nSPS) is 13.7. The smallest absolute Gasteiger partial charge is 0.491 e. The zero-order chi connectivity index (χ0) is 27.6. The van der Waals surface area contributed by atoms with Crippen LogP contribution < -0.4 is 14.2 Å². The van der Waals surface area contributed by atoms with E-state index in [1.165, 1.54) is 50.6 Å². The Balaban J connectivity index is 1.43. The van der Waals surface area contributed by atoms with Gasteiger partial charge in [0.1, 0.15) is 17.3 Å². The standard InChI is InChI=1S/C26H25F4N3O5/c1-4-17-9-19(27)6-8-21(17)37-14-16-12-32(13-16)23(34)18-5-7-20(22(10-18)36-3)33-11-15(2)31-25(33)38-24(35)26(28,29)30/h5-11,16H,4,12-14H2,1-3H3. The molecule has 2 heterocycles. The first-order valence-corrected chi connectivity index (χ1v) is 11.7. The lowest BCUT2D eigenvalue weighted by Crippen LogP contribution is -2.52. The predicted molar refractivity (Wildman–Crippen MR) is 127 cm³/mol. The van der Waals surface area contributed by atoms with Crippen molar-refractivity contribution < 1.29 is 41.4 Å². The quantitative estimate of drug-likeness (QED) is 0.312. The van der Waals surface area contributed by atoms with Crippen LogP contribution in [0, 0.1) is 18.7 Å². The van der Waals surface area contributed by atoms with Crippen LogP contribution >= 0.6 is 0 Å². The monoisotopic (exact) mass is 535 g/mol. The van der Waals surface area contributed by atoms with Crippen molar-refractivity contribution in [2.75, 3.05) is 26.8 Å². The van der Waals surface area contributed by atoms with Crippen LogP contribution in [0.3, 0.4) is 0 Å². The molecule has 2 aromatic carbocycles. The van der Waals surface area contributed by atoms with Gasteiger partial charge in [0.2, 0.25) is 0 Å². The van der Waals surface area contributed by atoms with Gasteiger partial charge < -0.3 is 19.1 Å². The molecule has 0 atom stereocenters. The fourth-order valence-electron chi connectivity index (χ4n) is 4.07. The van der Waals surface area contributed by atoms with Crippen LogP contribution in [0.25, 0.3) is 5.69 Å². The third-order valence-corrected chi connectivity index (χ3v) is 6.02. The van der Waals surface area contributed by atoms with Crippen molar-refractivity contribution in [2.24, 2.45) is 5.92 Å². The first-order valence-electron chi connectivity index (χ1n) is 11.7. The number of imidazole rings is 1. The molecule has 1 fully saturated rings. The van der Waals surface area contributed by atoms with Crippen molar-refractivity contribution in [3.63, 3.8) is 0 Å². The fraction of sp³-hybridized carbons (Fsp3) is 0.346. The van der Waals surface area contributed by atoms with Gasteiger partial charge in [-0.05, 0) is 55.3 Å². The third-order valence-electron chi connectivity index (χ3n) is 6.02. The van der Waals surface area contributed by atoms with Crippen molar-refractivity contribution >= 4 is 11.9 Å². The number of nitrogens with zero attached hydrogens (tertiary/aromatic N) is 3. The van der Waals surface area contributed by atoms with Gasteiger partial charge in [0.05, 0.1) is 25.1 Å². The second-order valence-electron chi connectivity index (χ2n) is 8.80. The van der Waals surface area contributed by atoms with E-state index in [9.17, 15) is 27.2 Å². The number of esters is 1. The number of alkyl halides is 3. The average Bonchev–Trinajstić information content (AvgIpc) is 3.21. The summed E-state index contributed by atoms with van der Waals surface area (Å²) in [6.45, 7) is 4.74. The highest BCUT2D eigenvalue weighted by Gasteiger charge is 2.42. The highest BCUT2D eigenvalue weighted by atomic mass is 19.4. The summed E-state index contributed by atoms with van der Waals surface area (Å²) in [4.78, 5) is 29.8. The number of likely N-dealkylation sites (tertiary alicyclic amines) is 1. The number of halogens is 4. The second kappa shape index (κ2) is 10.7. The summed E-state index contributed by atoms with van der Waals surface area (Å²) in [7, 11) is 1.34. The molecular formula is C26H25F4N3O5. The van der Waals surface area contributed by atoms with Crippen molar-refractivity contribution in [3.05, 3.63) is 65.2 Å². The number of hydrogen-bond acceptors (Lipinski definition) is 6. The Morgan fingerprint density at radius 3 is 2.50 bits per heavy atom. The van der Waals surface area contributed by atoms with Crippen molar-refractivity contribution in [1.29, 1.82) is 0 Å². The Labute approximate surface area is 215 Å². The lowest BCUT2D eigenvalue weighted by Gasteiger charge is -2.39. The van der Waals surface area contributed by atoms with Crippen molar-refractivity contribution in [3.8, 4) is 23.2 Å². The average molecular weight is 535 g/mol. The summed E-state index contributed by atoms with van der Waals surface area (Å²) in [5.41, 5.74) is 1.62. The maximum Gasteiger partial charge on any atom is 0.491 e. The third kappa shape index (κ3) is 5.74. The molecule has 1 amide bonds. The van der Waals surface area contributed by atoms with Crippen LogP contribution in [0.1, 0.15) is 28.5 Å². The Morgan fingerprint density at radius 1 is 1.11 bits per heavy atom. The van der Waals surface area contributed by atoms with Gasteiger partial charge in [-0.3, -0.25) is 9.36 Å². The zero-order valence-corrected chi connectivity index (χ0v) is 20.8. The number of aromatic nitrogens is 2. The largest absolute Gasteiger partial charge is 0.495 e. The summed E-state index contributed by atoms with van der Waals surface area (Å²) >= 11 is 0. The minimum Gasteiger partial charge on any atom is -0.495 e. The molecule has 12 heteroatoms. The van der Waals surface area contributed by atoms with Gasteiger partial charge in [-0.2, -0.15) is 18.2 Å². The van der Waals surface area contributed by atoms with Crippen LogP contribution in [0.15, 0.2) is 42.6 Å². The number of rotatable bonds is 8. The van der Waals surface area contributed by atoms with E-state index in [4.69, 9.17) is 9.47 Å². The van der Waals surface area contributed by atoms with E-state index in [0.717, 1.165) is 10.1 Å². The van der Waals surface area contributed by atoms with Crippen molar-refractivity contribution in [1.82, 2.24) is 14.5 Å². The number of aryl methyl sites for hydroxylation is 2. The Bertz CT molecular complexity index is 1350. The lowest BCUT2D eigenvalue weighted by molar-refractivity contribution is -0.190. The van der Waals surface area contributed by atoms with Crippen molar-refractivity contribution in [2.45, 2.75) is 26.4 Å². The van der Waals surface area contributed by atoms with Gasteiger partial charge in [-0.1, -0.05) is 6.92 Å². The maximum absolute atomic E-state index is 13.4. The molecule has 0 spiro atoms. The molecule has 1 aliphatic heterocycles. The number of amides is 1. The number of hydrogen-bond donors (Lipinski definition) is 0. The minimum atomic E-state index is -5.19. The van der Waals surface area contributed by atoms with Crippen LogP contribution in [-0.2, 0) is 11.2 Å². The molecule has 0 unspecified atom stereocenters. The summed E-state index contributed by atoms with van der Waals surface area (Å²) in [6.07, 6.45) is -3.18. The summed E-state index contributed by atoms with van der Waals surface area (Å²) in [6, 6.07) is 8.23. The summed E-state index contributed by atoms with van der Waals surface area (Å²) in [5, 5.41) is 0. The number of methoxy groups -OCH3 is 1. The molecule has 1 aliphatic rings. The highest BCUT2D eigenvalue weighted by Crippen LogP contribution is 2.31. The van der Waals surface area contributed by atoms with Gasteiger partial charge in [0, 0.05) is 30.8 Å². The first-order chi connectivity index (χ1) is 18.0. The van der Waals surface area contributed by atoms with E-state index < -0.39 is 18.2 Å². The molecule has 0 radical (unpaired) electrons. The van der Waals surface area contributed by atoms with Crippen LogP contribution in [0.4, 0.5) is 17.6 Å². The Hall–Kier alpha value is -4.09. The van der Waals surface area contributed by atoms with E-state index in [2.05, 4.69) is 9.72 Å². The number of benzene rings is 2. The van der Waals surface area contributed by atoms with Gasteiger partial charge in [-0.25, -0.2) is 9.18 Å². The first kappa shape index (κ1) is 27.0. The topological polar surface area (TPSA) is 82.9 Å².